The minimum atomic E-state index is -0.250. The second-order valence-corrected chi connectivity index (χ2v) is 6.59. The lowest BCUT2D eigenvalue weighted by molar-refractivity contribution is -0.139. The molecule has 1 fully saturated rings. The fourth-order valence-electron chi connectivity index (χ4n) is 2.80. The van der Waals surface area contributed by atoms with Gasteiger partial charge >= 0.3 is 0 Å². The maximum atomic E-state index is 13.0. The highest BCUT2D eigenvalue weighted by Crippen LogP contribution is 2.17. The van der Waals surface area contributed by atoms with Crippen molar-refractivity contribution in [2.45, 2.75) is 6.92 Å². The van der Waals surface area contributed by atoms with Crippen LogP contribution in [0.4, 0.5) is 10.1 Å². The molecule has 1 aliphatic rings. The summed E-state index contributed by atoms with van der Waals surface area (Å²) in [7, 11) is 3.88. The Kier molecular flexibility index (Phi) is 6.75. The van der Waals surface area contributed by atoms with Crippen LogP contribution < -0.4 is 4.90 Å². The van der Waals surface area contributed by atoms with Gasteiger partial charge in [-0.3, -0.25) is 9.59 Å². The monoisotopic (exact) mass is 350 g/mol. The average Bonchev–Trinajstić information content (AvgIpc) is 2.58. The van der Waals surface area contributed by atoms with Gasteiger partial charge in [0.2, 0.25) is 11.8 Å². The molecule has 1 saturated heterocycles. The molecular formula is C18H27FN4O2. The fourth-order valence-corrected chi connectivity index (χ4v) is 2.80. The van der Waals surface area contributed by atoms with Gasteiger partial charge in [0.05, 0.1) is 6.54 Å². The number of benzene rings is 1. The number of hydrogen-bond acceptors (Lipinski definition) is 4. The van der Waals surface area contributed by atoms with Crippen LogP contribution in [-0.4, -0.2) is 86.4 Å². The van der Waals surface area contributed by atoms with E-state index in [0.717, 1.165) is 12.2 Å². The number of rotatable bonds is 6. The van der Waals surface area contributed by atoms with Gasteiger partial charge in [0, 0.05) is 51.9 Å². The van der Waals surface area contributed by atoms with E-state index in [1.54, 1.807) is 21.9 Å². The Labute approximate surface area is 148 Å². The summed E-state index contributed by atoms with van der Waals surface area (Å²) in [4.78, 5) is 31.7. The van der Waals surface area contributed by atoms with Crippen molar-refractivity contribution in [2.75, 3.05) is 64.8 Å². The molecule has 2 rings (SSSR count). The topological polar surface area (TPSA) is 47.1 Å². The van der Waals surface area contributed by atoms with Crippen LogP contribution in [0.5, 0.6) is 0 Å². The molecule has 0 spiro atoms. The normalized spacial score (nSPS) is 14.8. The van der Waals surface area contributed by atoms with Crippen molar-refractivity contribution in [1.82, 2.24) is 14.7 Å². The molecular weight excluding hydrogens is 323 g/mol. The number of amides is 2. The molecule has 138 valence electrons. The molecule has 6 nitrogen and oxygen atoms in total. The first-order valence-electron chi connectivity index (χ1n) is 8.55. The van der Waals surface area contributed by atoms with E-state index < -0.39 is 0 Å². The van der Waals surface area contributed by atoms with Crippen LogP contribution in [0.1, 0.15) is 6.92 Å². The summed E-state index contributed by atoms with van der Waals surface area (Å²) < 4.78 is 13.0. The van der Waals surface area contributed by atoms with E-state index in [1.165, 1.54) is 19.1 Å². The first kappa shape index (κ1) is 19.2. The third kappa shape index (κ3) is 5.70. The second-order valence-electron chi connectivity index (χ2n) is 6.59. The third-order valence-electron chi connectivity index (χ3n) is 4.41. The number of nitrogens with zero attached hydrogens (tertiary/aromatic N) is 4. The van der Waals surface area contributed by atoms with Gasteiger partial charge in [-0.25, -0.2) is 4.39 Å². The van der Waals surface area contributed by atoms with Crippen molar-refractivity contribution < 1.29 is 14.0 Å². The van der Waals surface area contributed by atoms with Gasteiger partial charge in [0.1, 0.15) is 5.82 Å². The summed E-state index contributed by atoms with van der Waals surface area (Å²) in [5.74, 6) is -0.354. The van der Waals surface area contributed by atoms with E-state index in [0.29, 0.717) is 32.7 Å². The zero-order valence-corrected chi connectivity index (χ0v) is 15.2. The molecule has 25 heavy (non-hydrogen) atoms. The molecule has 0 saturated carbocycles. The van der Waals surface area contributed by atoms with Crippen molar-refractivity contribution >= 4 is 17.5 Å². The molecule has 1 aromatic carbocycles. The molecule has 1 aliphatic heterocycles. The van der Waals surface area contributed by atoms with Crippen molar-refractivity contribution in [1.29, 1.82) is 0 Å². The smallest absolute Gasteiger partial charge is 0.242 e. The zero-order valence-electron chi connectivity index (χ0n) is 15.2. The first-order valence-corrected chi connectivity index (χ1v) is 8.55. The number of likely N-dealkylation sites (N-methyl/N-ethyl adjacent to an activating group) is 1. The second kappa shape index (κ2) is 8.80. The van der Waals surface area contributed by atoms with Gasteiger partial charge in [-0.2, -0.15) is 0 Å². The molecule has 2 amide bonds. The van der Waals surface area contributed by atoms with Crippen LogP contribution in [0.3, 0.4) is 0 Å². The van der Waals surface area contributed by atoms with Crippen LogP contribution in [0.2, 0.25) is 0 Å². The van der Waals surface area contributed by atoms with Crippen LogP contribution in [-0.2, 0) is 9.59 Å². The van der Waals surface area contributed by atoms with E-state index >= 15 is 0 Å². The highest BCUT2D eigenvalue weighted by Gasteiger charge is 2.23. The summed E-state index contributed by atoms with van der Waals surface area (Å²) in [6.07, 6.45) is 0. The molecule has 0 aliphatic carbocycles. The summed E-state index contributed by atoms with van der Waals surface area (Å²) >= 11 is 0. The Morgan fingerprint density at radius 2 is 1.64 bits per heavy atom. The van der Waals surface area contributed by atoms with Gasteiger partial charge in [-0.15, -0.1) is 0 Å². The Hall–Kier alpha value is -2.15. The lowest BCUT2D eigenvalue weighted by Crippen LogP contribution is -2.52. The molecule has 1 heterocycles. The first-order chi connectivity index (χ1) is 11.9. The number of hydrogen-bond donors (Lipinski definition) is 0. The van der Waals surface area contributed by atoms with Crippen LogP contribution in [0.15, 0.2) is 24.3 Å². The van der Waals surface area contributed by atoms with E-state index in [1.807, 2.05) is 19.0 Å². The lowest BCUT2D eigenvalue weighted by Gasteiger charge is -2.37. The molecule has 0 unspecified atom stereocenters. The van der Waals surface area contributed by atoms with Crippen molar-refractivity contribution in [2.24, 2.45) is 0 Å². The number of halogens is 1. The molecule has 0 aromatic heterocycles. The largest absolute Gasteiger partial charge is 0.368 e. The molecule has 1 aromatic rings. The molecule has 0 atom stereocenters. The van der Waals surface area contributed by atoms with Crippen LogP contribution in [0, 0.1) is 5.82 Å². The van der Waals surface area contributed by atoms with Crippen LogP contribution >= 0.6 is 0 Å². The van der Waals surface area contributed by atoms with Gasteiger partial charge < -0.3 is 19.6 Å². The molecule has 0 radical (unpaired) electrons. The number of carbonyl (C=O) groups is 2. The standard InChI is InChI=1S/C18H27FN4O2/c1-15(24)23(9-8-20(2)3)14-18(25)22-12-10-21(11-13-22)17-6-4-16(19)5-7-17/h4-7H,8-14H2,1-3H3. The zero-order chi connectivity index (χ0) is 18.4. The Morgan fingerprint density at radius 3 is 2.16 bits per heavy atom. The van der Waals surface area contributed by atoms with E-state index in [-0.39, 0.29) is 24.2 Å². The predicted octanol–water partition coefficient (Wildman–Crippen LogP) is 0.884. The summed E-state index contributed by atoms with van der Waals surface area (Å²) in [5.41, 5.74) is 0.963. The molecule has 0 bridgehead atoms. The average molecular weight is 350 g/mol. The Balaban J connectivity index is 1.85. The van der Waals surface area contributed by atoms with Gasteiger partial charge in [0.15, 0.2) is 0 Å². The van der Waals surface area contributed by atoms with E-state index in [9.17, 15) is 14.0 Å². The van der Waals surface area contributed by atoms with Gasteiger partial charge in [0.25, 0.3) is 0 Å². The third-order valence-corrected chi connectivity index (χ3v) is 4.41. The highest BCUT2D eigenvalue weighted by atomic mass is 19.1. The Morgan fingerprint density at radius 1 is 1.04 bits per heavy atom. The van der Waals surface area contributed by atoms with Crippen molar-refractivity contribution in [3.8, 4) is 0 Å². The van der Waals surface area contributed by atoms with Crippen molar-refractivity contribution in [3.63, 3.8) is 0 Å². The minimum absolute atomic E-state index is 0.0206. The predicted molar refractivity (Wildman–Crippen MR) is 96.0 cm³/mol. The quantitative estimate of drug-likeness (QED) is 0.764. The summed E-state index contributed by atoms with van der Waals surface area (Å²) in [6, 6.07) is 6.40. The Bertz CT molecular complexity index is 583. The fraction of sp³-hybridized carbons (Fsp3) is 0.556. The van der Waals surface area contributed by atoms with Crippen LogP contribution in [0.25, 0.3) is 0 Å². The molecule has 0 N–H and O–H groups in total. The summed E-state index contributed by atoms with van der Waals surface area (Å²) in [6.45, 7) is 5.51. The maximum absolute atomic E-state index is 13.0. The summed E-state index contributed by atoms with van der Waals surface area (Å²) in [5, 5.41) is 0. The van der Waals surface area contributed by atoms with E-state index in [4.69, 9.17) is 0 Å². The van der Waals surface area contributed by atoms with Gasteiger partial charge in [-0.1, -0.05) is 0 Å². The minimum Gasteiger partial charge on any atom is -0.368 e. The highest BCUT2D eigenvalue weighted by molar-refractivity contribution is 5.84. The lowest BCUT2D eigenvalue weighted by atomic mass is 10.2. The van der Waals surface area contributed by atoms with Gasteiger partial charge in [-0.05, 0) is 38.4 Å². The number of piperazine rings is 1. The number of carbonyl (C=O) groups excluding carboxylic acids is 2. The number of anilines is 1. The molecule has 7 heteroatoms. The van der Waals surface area contributed by atoms with E-state index in [2.05, 4.69) is 4.90 Å². The van der Waals surface area contributed by atoms with Crippen molar-refractivity contribution in [3.05, 3.63) is 30.1 Å². The SMILES string of the molecule is CC(=O)N(CCN(C)C)CC(=O)N1CCN(c2ccc(F)cc2)CC1. The maximum Gasteiger partial charge on any atom is 0.242 e.